The van der Waals surface area contributed by atoms with Gasteiger partial charge in [0.2, 0.25) is 0 Å². The third-order valence-electron chi connectivity index (χ3n) is 6.30. The largest absolute Gasteiger partial charge is 0.377 e. The third kappa shape index (κ3) is 4.80. The highest BCUT2D eigenvalue weighted by atomic mass is 16.5. The molecule has 2 fully saturated rings. The molecule has 1 N–H and O–H groups in total. The maximum absolute atomic E-state index is 12.7. The number of amides is 2. The summed E-state index contributed by atoms with van der Waals surface area (Å²) in [6.07, 6.45) is 2.42. The minimum atomic E-state index is 0.0684. The van der Waals surface area contributed by atoms with Crippen molar-refractivity contribution in [1.82, 2.24) is 10.2 Å². The molecule has 0 spiro atoms. The standard InChI is InChI=1S/C23H37N3O2/c1-17-8-6-10-20(18(17)2)25-11-13-26(14-12-25)22(27)24-16-19-9-7-15-28-21(19)23(3,4)5/h6,8,10,19,21H,7,9,11-16H2,1-5H3,(H,24,27). The number of nitrogens with zero attached hydrogens (tertiary/aromatic N) is 2. The van der Waals surface area contributed by atoms with Gasteiger partial charge in [0.1, 0.15) is 0 Å². The Kier molecular flexibility index (Phi) is 6.54. The van der Waals surface area contributed by atoms with Gasteiger partial charge in [-0.05, 0) is 49.3 Å². The summed E-state index contributed by atoms with van der Waals surface area (Å²) in [7, 11) is 0. The Morgan fingerprint density at radius 1 is 1.18 bits per heavy atom. The summed E-state index contributed by atoms with van der Waals surface area (Å²) in [5.74, 6) is 0.397. The van der Waals surface area contributed by atoms with E-state index in [1.54, 1.807) is 0 Å². The van der Waals surface area contributed by atoms with E-state index in [2.05, 4.69) is 63.0 Å². The maximum Gasteiger partial charge on any atom is 0.317 e. The van der Waals surface area contributed by atoms with Crippen LogP contribution in [0.4, 0.5) is 10.5 Å². The van der Waals surface area contributed by atoms with E-state index < -0.39 is 0 Å². The van der Waals surface area contributed by atoms with Gasteiger partial charge in [0, 0.05) is 50.9 Å². The molecule has 0 aliphatic carbocycles. The average molecular weight is 388 g/mol. The van der Waals surface area contributed by atoms with E-state index >= 15 is 0 Å². The SMILES string of the molecule is Cc1cccc(N2CCN(C(=O)NCC3CCCOC3C(C)(C)C)CC2)c1C. The van der Waals surface area contributed by atoms with Gasteiger partial charge in [0.25, 0.3) is 0 Å². The summed E-state index contributed by atoms with van der Waals surface area (Å²) < 4.78 is 6.05. The molecule has 2 heterocycles. The van der Waals surface area contributed by atoms with Crippen LogP contribution < -0.4 is 10.2 Å². The van der Waals surface area contributed by atoms with E-state index in [-0.39, 0.29) is 17.6 Å². The van der Waals surface area contributed by atoms with Crippen molar-refractivity contribution in [3.8, 4) is 0 Å². The molecule has 2 saturated heterocycles. The molecule has 1 aromatic carbocycles. The Hall–Kier alpha value is -1.75. The van der Waals surface area contributed by atoms with Crippen LogP contribution in [-0.2, 0) is 4.74 Å². The molecule has 0 bridgehead atoms. The predicted octanol–water partition coefficient (Wildman–Crippen LogP) is 3.98. The summed E-state index contributed by atoms with van der Waals surface area (Å²) in [6.45, 7) is 15.9. The number of piperazine rings is 1. The first kappa shape index (κ1) is 21.0. The van der Waals surface area contributed by atoms with E-state index in [4.69, 9.17) is 4.74 Å². The highest BCUT2D eigenvalue weighted by Crippen LogP contribution is 2.33. The molecule has 5 heteroatoms. The van der Waals surface area contributed by atoms with Crippen molar-refractivity contribution < 1.29 is 9.53 Å². The van der Waals surface area contributed by atoms with Crippen molar-refractivity contribution in [1.29, 1.82) is 0 Å². The summed E-state index contributed by atoms with van der Waals surface area (Å²) in [5, 5.41) is 3.19. The quantitative estimate of drug-likeness (QED) is 0.853. The second kappa shape index (κ2) is 8.73. The van der Waals surface area contributed by atoms with Gasteiger partial charge in [-0.3, -0.25) is 0 Å². The fourth-order valence-electron chi connectivity index (χ4n) is 4.57. The van der Waals surface area contributed by atoms with Crippen LogP contribution >= 0.6 is 0 Å². The number of anilines is 1. The lowest BCUT2D eigenvalue weighted by Gasteiger charge is -2.41. The Bertz CT molecular complexity index is 675. The van der Waals surface area contributed by atoms with E-state index in [1.807, 2.05) is 4.90 Å². The van der Waals surface area contributed by atoms with Crippen molar-refractivity contribution in [2.45, 2.75) is 53.6 Å². The number of aryl methyl sites for hydroxylation is 1. The number of carbonyl (C=O) groups excluding carboxylic acids is 1. The first-order valence-corrected chi connectivity index (χ1v) is 10.7. The monoisotopic (exact) mass is 387 g/mol. The van der Waals surface area contributed by atoms with Crippen LogP contribution in [0.3, 0.4) is 0 Å². The Labute approximate surface area is 170 Å². The summed E-state index contributed by atoms with van der Waals surface area (Å²) >= 11 is 0. The van der Waals surface area contributed by atoms with Gasteiger partial charge in [-0.2, -0.15) is 0 Å². The fourth-order valence-corrected chi connectivity index (χ4v) is 4.57. The molecule has 2 atom stereocenters. The van der Waals surface area contributed by atoms with Crippen molar-refractivity contribution in [3.05, 3.63) is 29.3 Å². The van der Waals surface area contributed by atoms with Crippen molar-refractivity contribution in [2.75, 3.05) is 44.2 Å². The molecular formula is C23H37N3O2. The van der Waals surface area contributed by atoms with Crippen molar-refractivity contribution >= 4 is 11.7 Å². The normalized spacial score (nSPS) is 23.6. The maximum atomic E-state index is 12.7. The second-order valence-corrected chi connectivity index (χ2v) is 9.44. The number of urea groups is 1. The van der Waals surface area contributed by atoms with Crippen LogP contribution in [0.25, 0.3) is 0 Å². The molecule has 0 saturated carbocycles. The molecule has 156 valence electrons. The van der Waals surface area contributed by atoms with Gasteiger partial charge in [-0.15, -0.1) is 0 Å². The lowest BCUT2D eigenvalue weighted by atomic mass is 9.78. The minimum absolute atomic E-state index is 0.0684. The molecule has 2 amide bonds. The van der Waals surface area contributed by atoms with Gasteiger partial charge in [0.15, 0.2) is 0 Å². The molecule has 3 rings (SSSR count). The number of hydrogen-bond acceptors (Lipinski definition) is 3. The number of nitrogens with one attached hydrogen (secondary N) is 1. The molecular weight excluding hydrogens is 350 g/mol. The molecule has 2 aliphatic heterocycles. The molecule has 28 heavy (non-hydrogen) atoms. The van der Waals surface area contributed by atoms with Crippen LogP contribution in [0, 0.1) is 25.2 Å². The number of ether oxygens (including phenoxy) is 1. The van der Waals surface area contributed by atoms with Crippen molar-refractivity contribution in [2.24, 2.45) is 11.3 Å². The van der Waals surface area contributed by atoms with Crippen molar-refractivity contribution in [3.63, 3.8) is 0 Å². The van der Waals surface area contributed by atoms with Crippen LogP contribution in [0.1, 0.15) is 44.7 Å². The zero-order valence-corrected chi connectivity index (χ0v) is 18.3. The van der Waals surface area contributed by atoms with Crippen LogP contribution in [0.15, 0.2) is 18.2 Å². The zero-order chi connectivity index (χ0) is 20.3. The summed E-state index contributed by atoms with van der Waals surface area (Å²) in [6, 6.07) is 6.53. The highest BCUT2D eigenvalue weighted by molar-refractivity contribution is 5.74. The smallest absolute Gasteiger partial charge is 0.317 e. The number of carbonyl (C=O) groups is 1. The van der Waals surface area contributed by atoms with E-state index in [0.29, 0.717) is 12.5 Å². The van der Waals surface area contributed by atoms with Crippen LogP contribution in [-0.4, -0.2) is 56.4 Å². The summed E-state index contributed by atoms with van der Waals surface area (Å²) in [4.78, 5) is 17.1. The summed E-state index contributed by atoms with van der Waals surface area (Å²) in [5.41, 5.74) is 4.06. The van der Waals surface area contributed by atoms with Gasteiger partial charge < -0.3 is 19.9 Å². The number of rotatable bonds is 3. The first-order chi connectivity index (χ1) is 13.3. The Balaban J connectivity index is 1.51. The van der Waals surface area contributed by atoms with Crippen LogP contribution in [0.2, 0.25) is 0 Å². The van der Waals surface area contributed by atoms with Gasteiger partial charge in [0.05, 0.1) is 6.10 Å². The number of hydrogen-bond donors (Lipinski definition) is 1. The molecule has 5 nitrogen and oxygen atoms in total. The molecule has 0 radical (unpaired) electrons. The average Bonchev–Trinajstić information content (AvgIpc) is 2.68. The number of benzene rings is 1. The lowest BCUT2D eigenvalue weighted by molar-refractivity contribution is -0.0839. The molecule has 2 unspecified atom stereocenters. The molecule has 1 aromatic rings. The topological polar surface area (TPSA) is 44.8 Å². The predicted molar refractivity (Wildman–Crippen MR) is 115 cm³/mol. The van der Waals surface area contributed by atoms with E-state index in [9.17, 15) is 4.79 Å². The van der Waals surface area contributed by atoms with Gasteiger partial charge >= 0.3 is 6.03 Å². The fraction of sp³-hybridized carbons (Fsp3) is 0.696. The van der Waals surface area contributed by atoms with Gasteiger partial charge in [-0.1, -0.05) is 32.9 Å². The first-order valence-electron chi connectivity index (χ1n) is 10.7. The van der Waals surface area contributed by atoms with Crippen LogP contribution in [0.5, 0.6) is 0 Å². The van der Waals surface area contributed by atoms with Gasteiger partial charge in [-0.25, -0.2) is 4.79 Å². The highest BCUT2D eigenvalue weighted by Gasteiger charge is 2.35. The molecule has 0 aromatic heterocycles. The second-order valence-electron chi connectivity index (χ2n) is 9.44. The van der Waals surface area contributed by atoms with E-state index in [1.165, 1.54) is 16.8 Å². The Morgan fingerprint density at radius 3 is 2.57 bits per heavy atom. The minimum Gasteiger partial charge on any atom is -0.377 e. The Morgan fingerprint density at radius 2 is 1.89 bits per heavy atom. The third-order valence-corrected chi connectivity index (χ3v) is 6.30. The molecule has 2 aliphatic rings. The zero-order valence-electron chi connectivity index (χ0n) is 18.3. The lowest BCUT2D eigenvalue weighted by Crippen LogP contribution is -2.53. The van der Waals surface area contributed by atoms with E-state index in [0.717, 1.165) is 45.6 Å².